The second kappa shape index (κ2) is 2.74. The van der Waals surface area contributed by atoms with E-state index < -0.39 is 0 Å². The third-order valence-electron chi connectivity index (χ3n) is 2.49. The Balaban J connectivity index is 1.88. The molecule has 1 aliphatic heterocycles. The van der Waals surface area contributed by atoms with E-state index in [1.54, 1.807) is 0 Å². The van der Waals surface area contributed by atoms with E-state index in [0.717, 1.165) is 11.7 Å². The van der Waals surface area contributed by atoms with E-state index in [1.807, 2.05) is 11.8 Å². The zero-order valence-corrected chi connectivity index (χ0v) is 6.94. The molecule has 1 nitrogen and oxygen atoms in total. The van der Waals surface area contributed by atoms with Crippen molar-refractivity contribution in [2.45, 2.75) is 48.7 Å². The number of thioether (sulfide) groups is 1. The van der Waals surface area contributed by atoms with E-state index >= 15 is 0 Å². The first kappa shape index (κ1) is 6.99. The molecule has 58 valence electrons. The lowest BCUT2D eigenvalue weighted by atomic mass is 9.99. The molecule has 0 spiro atoms. The largest absolute Gasteiger partial charge is 0.392 e. The molecule has 10 heavy (non-hydrogen) atoms. The first-order valence-corrected chi connectivity index (χ1v) is 5.16. The van der Waals surface area contributed by atoms with Crippen LogP contribution in [0.3, 0.4) is 0 Å². The number of aliphatic hydroxyl groups is 1. The monoisotopic (exact) mass is 158 g/mol. The Morgan fingerprint density at radius 1 is 1.10 bits per heavy atom. The van der Waals surface area contributed by atoms with Gasteiger partial charge < -0.3 is 5.11 Å². The molecule has 0 aromatic rings. The highest BCUT2D eigenvalue weighted by Gasteiger charge is 2.43. The number of rotatable bonds is 0. The highest BCUT2D eigenvalue weighted by molar-refractivity contribution is 8.07. The standard InChI is InChI=1S/C8H14OS/c9-6-4-2-1-3-5-7-8(6)10-7/h6-9H,1-5H2. The van der Waals surface area contributed by atoms with Gasteiger partial charge in [0.1, 0.15) is 0 Å². The molecule has 2 fully saturated rings. The van der Waals surface area contributed by atoms with Gasteiger partial charge in [0.25, 0.3) is 0 Å². The van der Waals surface area contributed by atoms with Gasteiger partial charge in [-0.3, -0.25) is 0 Å². The summed E-state index contributed by atoms with van der Waals surface area (Å²) in [5.41, 5.74) is 0. The van der Waals surface area contributed by atoms with Gasteiger partial charge in [0.15, 0.2) is 0 Å². The van der Waals surface area contributed by atoms with Crippen molar-refractivity contribution in [2.75, 3.05) is 0 Å². The van der Waals surface area contributed by atoms with Crippen LogP contribution in [0, 0.1) is 0 Å². The van der Waals surface area contributed by atoms with Crippen LogP contribution < -0.4 is 0 Å². The number of aliphatic hydroxyl groups excluding tert-OH is 1. The Morgan fingerprint density at radius 3 is 2.80 bits per heavy atom. The summed E-state index contributed by atoms with van der Waals surface area (Å²) in [6.07, 6.45) is 6.39. The summed E-state index contributed by atoms with van der Waals surface area (Å²) in [4.78, 5) is 0. The van der Waals surface area contributed by atoms with Crippen molar-refractivity contribution in [3.8, 4) is 0 Å². The Labute approximate surface area is 66.2 Å². The number of hydrogen-bond donors (Lipinski definition) is 1. The predicted octanol–water partition coefficient (Wildman–Crippen LogP) is 1.80. The van der Waals surface area contributed by atoms with Gasteiger partial charge in [-0.2, -0.15) is 11.8 Å². The molecule has 1 N–H and O–H groups in total. The van der Waals surface area contributed by atoms with E-state index in [-0.39, 0.29) is 6.10 Å². The van der Waals surface area contributed by atoms with Crippen LogP contribution in [0.4, 0.5) is 0 Å². The van der Waals surface area contributed by atoms with Crippen LogP contribution in [-0.4, -0.2) is 21.7 Å². The number of fused-ring (bicyclic) bond motifs is 1. The molecule has 0 aromatic carbocycles. The van der Waals surface area contributed by atoms with Crippen molar-refractivity contribution in [1.29, 1.82) is 0 Å². The first-order chi connectivity index (χ1) is 4.88. The van der Waals surface area contributed by atoms with Crippen molar-refractivity contribution in [3.05, 3.63) is 0 Å². The lowest BCUT2D eigenvalue weighted by molar-refractivity contribution is 0.160. The summed E-state index contributed by atoms with van der Waals surface area (Å²) in [7, 11) is 0. The third kappa shape index (κ3) is 1.32. The van der Waals surface area contributed by atoms with Gasteiger partial charge in [-0.05, 0) is 12.8 Å². The molecule has 1 heterocycles. The summed E-state index contributed by atoms with van der Waals surface area (Å²) in [6, 6.07) is 0. The minimum absolute atomic E-state index is 0.0234. The van der Waals surface area contributed by atoms with Gasteiger partial charge in [-0.25, -0.2) is 0 Å². The minimum atomic E-state index is 0.0234. The van der Waals surface area contributed by atoms with Crippen molar-refractivity contribution in [1.82, 2.24) is 0 Å². The maximum atomic E-state index is 9.50. The quantitative estimate of drug-likeness (QED) is 0.542. The minimum Gasteiger partial charge on any atom is -0.392 e. The summed E-state index contributed by atoms with van der Waals surface area (Å²) in [5, 5.41) is 11.0. The lowest BCUT2D eigenvalue weighted by Crippen LogP contribution is -2.17. The zero-order chi connectivity index (χ0) is 6.97. The first-order valence-electron chi connectivity index (χ1n) is 4.21. The van der Waals surface area contributed by atoms with Gasteiger partial charge in [0.05, 0.1) is 6.10 Å². The third-order valence-corrected chi connectivity index (χ3v) is 4.01. The van der Waals surface area contributed by atoms with Crippen LogP contribution in [0.1, 0.15) is 32.1 Å². The number of hydrogen-bond acceptors (Lipinski definition) is 2. The molecule has 2 heteroatoms. The normalized spacial score (nSPS) is 47.1. The maximum Gasteiger partial charge on any atom is 0.0669 e. The Kier molecular flexibility index (Phi) is 1.92. The maximum absolute atomic E-state index is 9.50. The highest BCUT2D eigenvalue weighted by atomic mass is 32.2. The second-order valence-corrected chi connectivity index (χ2v) is 4.77. The van der Waals surface area contributed by atoms with E-state index in [0.29, 0.717) is 5.25 Å². The topological polar surface area (TPSA) is 20.2 Å². The van der Waals surface area contributed by atoms with Gasteiger partial charge in [-0.1, -0.05) is 19.3 Å². The van der Waals surface area contributed by atoms with Crippen molar-refractivity contribution < 1.29 is 5.11 Å². The fraction of sp³-hybridized carbons (Fsp3) is 1.00. The summed E-state index contributed by atoms with van der Waals surface area (Å²) in [5.74, 6) is 0. The fourth-order valence-electron chi connectivity index (χ4n) is 1.77. The molecule has 2 aliphatic rings. The van der Waals surface area contributed by atoms with Crippen LogP contribution in [0.5, 0.6) is 0 Å². The van der Waals surface area contributed by atoms with Crippen molar-refractivity contribution in [2.24, 2.45) is 0 Å². The summed E-state index contributed by atoms with van der Waals surface area (Å²) in [6.45, 7) is 0. The second-order valence-electron chi connectivity index (χ2n) is 3.34. The van der Waals surface area contributed by atoms with Crippen LogP contribution in [0.25, 0.3) is 0 Å². The van der Waals surface area contributed by atoms with Gasteiger partial charge >= 0.3 is 0 Å². The SMILES string of the molecule is OC1CCCCCC2SC12. The van der Waals surface area contributed by atoms with Gasteiger partial charge in [0.2, 0.25) is 0 Å². The van der Waals surface area contributed by atoms with Crippen LogP contribution >= 0.6 is 11.8 Å². The Bertz CT molecular complexity index is 126. The lowest BCUT2D eigenvalue weighted by Gasteiger charge is -2.11. The Hall–Kier alpha value is 0.310. The molecule has 2 rings (SSSR count). The average Bonchev–Trinajstić information content (AvgIpc) is 2.62. The van der Waals surface area contributed by atoms with E-state index in [4.69, 9.17) is 0 Å². The summed E-state index contributed by atoms with van der Waals surface area (Å²) >= 11 is 1.98. The van der Waals surface area contributed by atoms with Crippen LogP contribution in [-0.2, 0) is 0 Å². The van der Waals surface area contributed by atoms with E-state index in [2.05, 4.69) is 0 Å². The van der Waals surface area contributed by atoms with Gasteiger partial charge in [-0.15, -0.1) is 0 Å². The summed E-state index contributed by atoms with van der Waals surface area (Å²) < 4.78 is 0. The van der Waals surface area contributed by atoms with Crippen molar-refractivity contribution >= 4 is 11.8 Å². The van der Waals surface area contributed by atoms with E-state index in [9.17, 15) is 5.11 Å². The molecule has 0 radical (unpaired) electrons. The zero-order valence-electron chi connectivity index (χ0n) is 6.12. The molecule has 3 unspecified atom stereocenters. The Morgan fingerprint density at radius 2 is 1.90 bits per heavy atom. The van der Waals surface area contributed by atoms with Crippen LogP contribution in [0.15, 0.2) is 0 Å². The van der Waals surface area contributed by atoms with Crippen LogP contribution in [0.2, 0.25) is 0 Å². The molecule has 1 saturated heterocycles. The molecule has 0 aromatic heterocycles. The predicted molar refractivity (Wildman–Crippen MR) is 44.3 cm³/mol. The smallest absolute Gasteiger partial charge is 0.0669 e. The molecule has 0 amide bonds. The molecular weight excluding hydrogens is 144 g/mol. The molecule has 1 saturated carbocycles. The van der Waals surface area contributed by atoms with Gasteiger partial charge in [0, 0.05) is 10.5 Å². The fourth-order valence-corrected chi connectivity index (χ4v) is 3.02. The average molecular weight is 158 g/mol. The highest BCUT2D eigenvalue weighted by Crippen LogP contribution is 2.48. The molecule has 3 atom stereocenters. The van der Waals surface area contributed by atoms with Crippen molar-refractivity contribution in [3.63, 3.8) is 0 Å². The molecular formula is C8H14OS. The molecule has 1 aliphatic carbocycles. The molecule has 0 bridgehead atoms. The van der Waals surface area contributed by atoms with E-state index in [1.165, 1.54) is 25.7 Å².